The molecule has 1 saturated heterocycles. The lowest BCUT2D eigenvalue weighted by atomic mass is 10.2. The third-order valence-electron chi connectivity index (χ3n) is 2.62. The molecule has 0 spiro atoms. The maximum Gasteiger partial charge on any atom is 0.274 e. The van der Waals surface area contributed by atoms with E-state index in [0.29, 0.717) is 5.75 Å². The summed E-state index contributed by atoms with van der Waals surface area (Å²) in [6.07, 6.45) is 0.260. The Morgan fingerprint density at radius 3 is 2.44 bits per heavy atom. The lowest BCUT2D eigenvalue weighted by molar-refractivity contribution is -0.141. The van der Waals surface area contributed by atoms with Crippen molar-refractivity contribution in [3.05, 3.63) is 29.8 Å². The molecule has 1 fully saturated rings. The number of para-hydroxylation sites is 1. The number of nitrogens with one attached hydrogen (secondary N) is 1. The van der Waals surface area contributed by atoms with E-state index in [2.05, 4.69) is 5.43 Å². The number of hydrogen-bond acceptors (Lipinski definition) is 4. The smallest absolute Gasteiger partial charge is 0.274 e. The Bertz CT molecular complexity index is 497. The first kappa shape index (κ1) is 12.1. The van der Waals surface area contributed by atoms with Gasteiger partial charge in [-0.05, 0) is 12.1 Å². The lowest BCUT2D eigenvalue weighted by Crippen LogP contribution is -2.45. The van der Waals surface area contributed by atoms with Crippen LogP contribution in [0.3, 0.4) is 0 Å². The molecule has 1 aliphatic rings. The number of methoxy groups -OCH3 is 1. The molecule has 0 radical (unpaired) electrons. The van der Waals surface area contributed by atoms with Crippen molar-refractivity contribution < 1.29 is 19.1 Å². The zero-order valence-corrected chi connectivity index (χ0v) is 9.80. The molecule has 94 valence electrons. The Hall–Kier alpha value is -2.37. The van der Waals surface area contributed by atoms with Crippen LogP contribution in [-0.2, 0) is 9.59 Å². The quantitative estimate of drug-likeness (QED) is 0.790. The number of hydrogen-bond donors (Lipinski definition) is 1. The molecule has 1 aliphatic heterocycles. The summed E-state index contributed by atoms with van der Waals surface area (Å²) in [5, 5.41) is 0.759. The largest absolute Gasteiger partial charge is 0.496 e. The SMILES string of the molecule is COc1ccccc1C(=O)NN1C(=O)CCC1=O. The van der Waals surface area contributed by atoms with Crippen molar-refractivity contribution in [3.8, 4) is 5.75 Å². The van der Waals surface area contributed by atoms with Crippen molar-refractivity contribution in [2.24, 2.45) is 0 Å². The van der Waals surface area contributed by atoms with Crippen LogP contribution in [0.25, 0.3) is 0 Å². The van der Waals surface area contributed by atoms with Crippen LogP contribution in [-0.4, -0.2) is 29.8 Å². The Kier molecular flexibility index (Phi) is 3.27. The zero-order valence-electron chi connectivity index (χ0n) is 9.80. The van der Waals surface area contributed by atoms with Crippen molar-refractivity contribution in [2.45, 2.75) is 12.8 Å². The summed E-state index contributed by atoms with van der Waals surface area (Å²) in [4.78, 5) is 34.7. The number of imide groups is 1. The summed E-state index contributed by atoms with van der Waals surface area (Å²) in [6.45, 7) is 0. The minimum absolute atomic E-state index is 0.130. The number of hydrazine groups is 1. The van der Waals surface area contributed by atoms with Crippen molar-refractivity contribution in [1.29, 1.82) is 0 Å². The molecule has 0 aromatic heterocycles. The van der Waals surface area contributed by atoms with Crippen molar-refractivity contribution >= 4 is 17.7 Å². The lowest BCUT2D eigenvalue weighted by Gasteiger charge is -2.15. The second-order valence-electron chi connectivity index (χ2n) is 3.76. The van der Waals surface area contributed by atoms with Crippen LogP contribution in [0.2, 0.25) is 0 Å². The fourth-order valence-electron chi connectivity index (χ4n) is 1.70. The van der Waals surface area contributed by atoms with Crippen LogP contribution in [0.1, 0.15) is 23.2 Å². The number of amides is 3. The average molecular weight is 248 g/mol. The van der Waals surface area contributed by atoms with Gasteiger partial charge in [0.15, 0.2) is 0 Å². The highest BCUT2D eigenvalue weighted by atomic mass is 16.5. The molecule has 1 heterocycles. The van der Waals surface area contributed by atoms with E-state index in [-0.39, 0.29) is 18.4 Å². The predicted molar refractivity (Wildman–Crippen MR) is 61.5 cm³/mol. The van der Waals surface area contributed by atoms with Crippen molar-refractivity contribution in [2.75, 3.05) is 7.11 Å². The summed E-state index contributed by atoms with van der Waals surface area (Å²) >= 11 is 0. The van der Waals surface area contributed by atoms with Gasteiger partial charge in [-0.1, -0.05) is 12.1 Å². The van der Waals surface area contributed by atoms with Crippen LogP contribution in [0.5, 0.6) is 5.75 Å². The van der Waals surface area contributed by atoms with Gasteiger partial charge in [-0.15, -0.1) is 0 Å². The van der Waals surface area contributed by atoms with Crippen LogP contribution in [0, 0.1) is 0 Å². The Labute approximate surface area is 103 Å². The van der Waals surface area contributed by atoms with E-state index in [1.54, 1.807) is 24.3 Å². The standard InChI is InChI=1S/C12H12N2O4/c1-18-9-5-3-2-4-8(9)12(17)13-14-10(15)6-7-11(14)16/h2-5H,6-7H2,1H3,(H,13,17). The Morgan fingerprint density at radius 2 is 1.83 bits per heavy atom. The fourth-order valence-corrected chi connectivity index (χ4v) is 1.70. The number of rotatable bonds is 3. The van der Waals surface area contributed by atoms with Gasteiger partial charge in [0.2, 0.25) is 11.8 Å². The highest BCUT2D eigenvalue weighted by Crippen LogP contribution is 2.18. The highest BCUT2D eigenvalue weighted by Gasteiger charge is 2.31. The molecule has 1 N–H and O–H groups in total. The summed E-state index contributed by atoms with van der Waals surface area (Å²) in [7, 11) is 1.44. The van der Waals surface area contributed by atoms with Gasteiger partial charge in [-0.2, -0.15) is 5.01 Å². The number of nitrogens with zero attached hydrogens (tertiary/aromatic N) is 1. The van der Waals surface area contributed by atoms with E-state index >= 15 is 0 Å². The summed E-state index contributed by atoms with van der Waals surface area (Å²) in [6, 6.07) is 6.58. The Morgan fingerprint density at radius 1 is 1.22 bits per heavy atom. The molecular weight excluding hydrogens is 236 g/mol. The molecule has 0 aliphatic carbocycles. The van der Waals surface area contributed by atoms with Crippen LogP contribution < -0.4 is 10.2 Å². The first-order chi connectivity index (χ1) is 8.63. The normalized spacial score (nSPS) is 14.8. The second kappa shape index (κ2) is 4.87. The molecule has 18 heavy (non-hydrogen) atoms. The summed E-state index contributed by atoms with van der Waals surface area (Å²) in [5.74, 6) is -0.961. The molecule has 0 saturated carbocycles. The maximum absolute atomic E-state index is 11.9. The van der Waals surface area contributed by atoms with Gasteiger partial charge in [-0.25, -0.2) is 0 Å². The Balaban J connectivity index is 2.17. The van der Waals surface area contributed by atoms with Gasteiger partial charge in [0.05, 0.1) is 12.7 Å². The molecular formula is C12H12N2O4. The van der Waals surface area contributed by atoms with Crippen LogP contribution >= 0.6 is 0 Å². The van der Waals surface area contributed by atoms with Gasteiger partial charge in [0, 0.05) is 12.8 Å². The monoisotopic (exact) mass is 248 g/mol. The average Bonchev–Trinajstić information content (AvgIpc) is 2.70. The molecule has 0 bridgehead atoms. The maximum atomic E-state index is 11.9. The van der Waals surface area contributed by atoms with Gasteiger partial charge < -0.3 is 4.74 Å². The zero-order chi connectivity index (χ0) is 13.1. The van der Waals surface area contributed by atoms with E-state index < -0.39 is 17.7 Å². The predicted octanol–water partition coefficient (Wildman–Crippen LogP) is 0.489. The molecule has 3 amide bonds. The number of ether oxygens (including phenoxy) is 1. The molecule has 0 unspecified atom stereocenters. The van der Waals surface area contributed by atoms with E-state index in [1.165, 1.54) is 7.11 Å². The molecule has 1 aromatic carbocycles. The van der Waals surface area contributed by atoms with Gasteiger partial charge >= 0.3 is 0 Å². The van der Waals surface area contributed by atoms with Gasteiger partial charge in [-0.3, -0.25) is 19.8 Å². The summed E-state index contributed by atoms with van der Waals surface area (Å²) < 4.78 is 5.04. The molecule has 6 nitrogen and oxygen atoms in total. The molecule has 1 aromatic rings. The first-order valence-electron chi connectivity index (χ1n) is 5.43. The second-order valence-corrected chi connectivity index (χ2v) is 3.76. The van der Waals surface area contributed by atoms with Crippen LogP contribution in [0.4, 0.5) is 0 Å². The fraction of sp³-hybridized carbons (Fsp3) is 0.250. The number of carbonyl (C=O) groups excluding carboxylic acids is 3. The van der Waals surface area contributed by atoms with Gasteiger partial charge in [0.1, 0.15) is 5.75 Å². The third-order valence-corrected chi connectivity index (χ3v) is 2.62. The first-order valence-corrected chi connectivity index (χ1v) is 5.43. The highest BCUT2D eigenvalue weighted by molar-refractivity contribution is 6.05. The molecule has 6 heteroatoms. The molecule has 2 rings (SSSR count). The number of carbonyl (C=O) groups is 3. The number of benzene rings is 1. The minimum Gasteiger partial charge on any atom is -0.496 e. The minimum atomic E-state index is -0.545. The van der Waals surface area contributed by atoms with Gasteiger partial charge in [0.25, 0.3) is 5.91 Å². The third kappa shape index (κ3) is 2.17. The van der Waals surface area contributed by atoms with Crippen LogP contribution in [0.15, 0.2) is 24.3 Å². The van der Waals surface area contributed by atoms with E-state index in [4.69, 9.17) is 4.74 Å². The van der Waals surface area contributed by atoms with Crippen molar-refractivity contribution in [1.82, 2.24) is 10.4 Å². The van der Waals surface area contributed by atoms with E-state index in [9.17, 15) is 14.4 Å². The topological polar surface area (TPSA) is 75.7 Å². The van der Waals surface area contributed by atoms with E-state index in [1.807, 2.05) is 0 Å². The van der Waals surface area contributed by atoms with E-state index in [0.717, 1.165) is 5.01 Å². The molecule has 0 atom stereocenters. The van der Waals surface area contributed by atoms with Crippen molar-refractivity contribution in [3.63, 3.8) is 0 Å². The summed E-state index contributed by atoms with van der Waals surface area (Å²) in [5.41, 5.74) is 2.56.